The van der Waals surface area contributed by atoms with Crippen LogP contribution in [0.15, 0.2) is 24.3 Å². The third kappa shape index (κ3) is 3.81. The number of methoxy groups -OCH3 is 1. The van der Waals surface area contributed by atoms with E-state index in [4.69, 9.17) is 14.6 Å². The van der Waals surface area contributed by atoms with Crippen molar-refractivity contribution in [1.82, 2.24) is 0 Å². The standard InChI is InChI=1S/C12H16O4/c1-3-9(8-12(13)14)16-11-6-4-5-10(7-11)15-2/h4-7,9H,3,8H2,1-2H3,(H,13,14). The molecule has 0 bridgehead atoms. The molecule has 1 aromatic rings. The highest BCUT2D eigenvalue weighted by Gasteiger charge is 2.12. The normalized spacial score (nSPS) is 11.9. The second kappa shape index (κ2) is 6.00. The van der Waals surface area contributed by atoms with Gasteiger partial charge in [-0.3, -0.25) is 4.79 Å². The van der Waals surface area contributed by atoms with E-state index in [1.54, 1.807) is 19.2 Å². The van der Waals surface area contributed by atoms with Crippen molar-refractivity contribution in [2.24, 2.45) is 0 Å². The molecule has 0 aliphatic heterocycles. The molecular weight excluding hydrogens is 208 g/mol. The molecule has 0 aliphatic rings. The van der Waals surface area contributed by atoms with Crippen molar-refractivity contribution < 1.29 is 19.4 Å². The summed E-state index contributed by atoms with van der Waals surface area (Å²) in [5, 5.41) is 8.69. The Morgan fingerprint density at radius 1 is 1.44 bits per heavy atom. The highest BCUT2D eigenvalue weighted by atomic mass is 16.5. The largest absolute Gasteiger partial charge is 0.497 e. The first-order valence-electron chi connectivity index (χ1n) is 5.18. The molecule has 1 unspecified atom stereocenters. The van der Waals surface area contributed by atoms with Gasteiger partial charge in [0.25, 0.3) is 0 Å². The van der Waals surface area contributed by atoms with Gasteiger partial charge >= 0.3 is 5.97 Å². The summed E-state index contributed by atoms with van der Waals surface area (Å²) in [4.78, 5) is 10.6. The first-order valence-corrected chi connectivity index (χ1v) is 5.18. The summed E-state index contributed by atoms with van der Waals surface area (Å²) < 4.78 is 10.6. The zero-order valence-electron chi connectivity index (χ0n) is 9.47. The molecule has 0 saturated heterocycles. The minimum atomic E-state index is -0.852. The molecule has 4 heteroatoms. The summed E-state index contributed by atoms with van der Waals surface area (Å²) in [6, 6.07) is 7.14. The predicted octanol–water partition coefficient (Wildman–Crippen LogP) is 2.33. The Morgan fingerprint density at radius 3 is 2.69 bits per heavy atom. The van der Waals surface area contributed by atoms with Crippen molar-refractivity contribution in [3.8, 4) is 11.5 Å². The van der Waals surface area contributed by atoms with Crippen LogP contribution < -0.4 is 9.47 Å². The molecule has 4 nitrogen and oxygen atoms in total. The van der Waals surface area contributed by atoms with Crippen molar-refractivity contribution >= 4 is 5.97 Å². The molecule has 0 aliphatic carbocycles. The fraction of sp³-hybridized carbons (Fsp3) is 0.417. The Hall–Kier alpha value is -1.71. The Morgan fingerprint density at radius 2 is 2.12 bits per heavy atom. The molecule has 1 atom stereocenters. The molecule has 1 aromatic carbocycles. The van der Waals surface area contributed by atoms with E-state index in [2.05, 4.69) is 0 Å². The average molecular weight is 224 g/mol. The van der Waals surface area contributed by atoms with Gasteiger partial charge in [-0.25, -0.2) is 0 Å². The Kier molecular flexibility index (Phi) is 4.64. The van der Waals surface area contributed by atoms with Crippen LogP contribution in [-0.2, 0) is 4.79 Å². The summed E-state index contributed by atoms with van der Waals surface area (Å²) in [6.45, 7) is 1.90. The van der Waals surface area contributed by atoms with E-state index in [0.29, 0.717) is 17.9 Å². The zero-order chi connectivity index (χ0) is 12.0. The molecule has 0 amide bonds. The Bertz CT molecular complexity index is 349. The van der Waals surface area contributed by atoms with E-state index in [9.17, 15) is 4.79 Å². The highest BCUT2D eigenvalue weighted by molar-refractivity contribution is 5.67. The lowest BCUT2D eigenvalue weighted by Crippen LogP contribution is -2.19. The molecule has 0 heterocycles. The Labute approximate surface area is 94.8 Å². The van der Waals surface area contributed by atoms with Gasteiger partial charge in [-0.15, -0.1) is 0 Å². The molecule has 16 heavy (non-hydrogen) atoms. The van der Waals surface area contributed by atoms with Gasteiger partial charge in [0.2, 0.25) is 0 Å². The van der Waals surface area contributed by atoms with Crippen LogP contribution in [0.2, 0.25) is 0 Å². The molecule has 0 aromatic heterocycles. The third-order valence-corrected chi connectivity index (χ3v) is 2.20. The molecule has 0 saturated carbocycles. The number of carboxylic acids is 1. The maximum absolute atomic E-state index is 10.6. The third-order valence-electron chi connectivity index (χ3n) is 2.20. The van der Waals surface area contributed by atoms with E-state index in [1.807, 2.05) is 19.1 Å². The van der Waals surface area contributed by atoms with Crippen molar-refractivity contribution in [3.63, 3.8) is 0 Å². The molecule has 0 radical (unpaired) electrons. The quantitative estimate of drug-likeness (QED) is 0.805. The number of carboxylic acid groups (broad SMARTS) is 1. The highest BCUT2D eigenvalue weighted by Crippen LogP contribution is 2.21. The second-order valence-electron chi connectivity index (χ2n) is 3.42. The van der Waals surface area contributed by atoms with Crippen LogP contribution in [0.3, 0.4) is 0 Å². The van der Waals surface area contributed by atoms with Crippen molar-refractivity contribution in [2.45, 2.75) is 25.9 Å². The van der Waals surface area contributed by atoms with Crippen LogP contribution in [0.1, 0.15) is 19.8 Å². The molecule has 0 spiro atoms. The zero-order valence-corrected chi connectivity index (χ0v) is 9.47. The van der Waals surface area contributed by atoms with Gasteiger partial charge in [-0.05, 0) is 18.6 Å². The van der Waals surface area contributed by atoms with Crippen LogP contribution in [0.5, 0.6) is 11.5 Å². The smallest absolute Gasteiger partial charge is 0.307 e. The summed E-state index contributed by atoms with van der Waals surface area (Å²) in [5.74, 6) is 0.477. The lowest BCUT2D eigenvalue weighted by Gasteiger charge is -2.15. The van der Waals surface area contributed by atoms with E-state index in [1.165, 1.54) is 0 Å². The summed E-state index contributed by atoms with van der Waals surface area (Å²) in [5.41, 5.74) is 0. The Balaban J connectivity index is 2.65. The van der Waals surface area contributed by atoms with Gasteiger partial charge in [-0.2, -0.15) is 0 Å². The van der Waals surface area contributed by atoms with Gasteiger partial charge in [-0.1, -0.05) is 13.0 Å². The predicted molar refractivity (Wildman–Crippen MR) is 60.0 cm³/mol. The van der Waals surface area contributed by atoms with Crippen molar-refractivity contribution in [1.29, 1.82) is 0 Å². The summed E-state index contributed by atoms with van der Waals surface area (Å²) >= 11 is 0. The average Bonchev–Trinajstić information content (AvgIpc) is 2.28. The summed E-state index contributed by atoms with van der Waals surface area (Å²) in [7, 11) is 1.58. The number of carbonyl (C=O) groups is 1. The number of aliphatic carboxylic acids is 1. The fourth-order valence-corrected chi connectivity index (χ4v) is 1.33. The molecule has 1 rings (SSSR count). The number of hydrogen-bond acceptors (Lipinski definition) is 3. The van der Waals surface area contributed by atoms with E-state index >= 15 is 0 Å². The molecule has 0 fully saturated rings. The van der Waals surface area contributed by atoms with Gasteiger partial charge < -0.3 is 14.6 Å². The summed E-state index contributed by atoms with van der Waals surface area (Å²) in [6.07, 6.45) is 0.363. The van der Waals surface area contributed by atoms with Gasteiger partial charge in [0.15, 0.2) is 0 Å². The van der Waals surface area contributed by atoms with Gasteiger partial charge in [0.05, 0.1) is 13.5 Å². The number of ether oxygens (including phenoxy) is 2. The minimum absolute atomic E-state index is 0.00765. The SMILES string of the molecule is CCC(CC(=O)O)Oc1cccc(OC)c1. The topological polar surface area (TPSA) is 55.8 Å². The maximum atomic E-state index is 10.6. The van der Waals surface area contributed by atoms with E-state index in [0.717, 1.165) is 0 Å². The van der Waals surface area contributed by atoms with Crippen LogP contribution >= 0.6 is 0 Å². The van der Waals surface area contributed by atoms with Gasteiger partial charge in [0.1, 0.15) is 17.6 Å². The first kappa shape index (κ1) is 12.4. The second-order valence-corrected chi connectivity index (χ2v) is 3.42. The van der Waals surface area contributed by atoms with Crippen molar-refractivity contribution in [3.05, 3.63) is 24.3 Å². The number of benzene rings is 1. The minimum Gasteiger partial charge on any atom is -0.497 e. The maximum Gasteiger partial charge on any atom is 0.307 e. The molecule has 1 N–H and O–H groups in total. The van der Waals surface area contributed by atoms with Crippen LogP contribution in [-0.4, -0.2) is 24.3 Å². The molecular formula is C12H16O4. The lowest BCUT2D eigenvalue weighted by molar-refractivity contribution is -0.138. The molecule has 88 valence electrons. The fourth-order valence-electron chi connectivity index (χ4n) is 1.33. The van der Waals surface area contributed by atoms with Crippen LogP contribution in [0.4, 0.5) is 0 Å². The van der Waals surface area contributed by atoms with E-state index < -0.39 is 5.97 Å². The van der Waals surface area contributed by atoms with Gasteiger partial charge in [0, 0.05) is 6.07 Å². The van der Waals surface area contributed by atoms with Crippen LogP contribution in [0.25, 0.3) is 0 Å². The monoisotopic (exact) mass is 224 g/mol. The van der Waals surface area contributed by atoms with Crippen molar-refractivity contribution in [2.75, 3.05) is 7.11 Å². The number of hydrogen-bond donors (Lipinski definition) is 1. The lowest BCUT2D eigenvalue weighted by atomic mass is 10.2. The van der Waals surface area contributed by atoms with E-state index in [-0.39, 0.29) is 12.5 Å². The first-order chi connectivity index (χ1) is 7.65. The number of rotatable bonds is 6. The van der Waals surface area contributed by atoms with Crippen LogP contribution in [0, 0.1) is 0 Å².